The van der Waals surface area contributed by atoms with Gasteiger partial charge in [0.2, 0.25) is 0 Å². The van der Waals surface area contributed by atoms with Gasteiger partial charge in [-0.1, -0.05) is 42.4 Å². The van der Waals surface area contributed by atoms with Crippen LogP contribution in [0.3, 0.4) is 0 Å². The molecule has 3 aromatic carbocycles. The third kappa shape index (κ3) is 5.41. The van der Waals surface area contributed by atoms with Crippen LogP contribution in [0.15, 0.2) is 70.6 Å². The van der Waals surface area contributed by atoms with Gasteiger partial charge in [0.15, 0.2) is 5.16 Å². The number of hydrogen-bond acceptors (Lipinski definition) is 5. The minimum Gasteiger partial charge on any atom is -0.497 e. The van der Waals surface area contributed by atoms with Crippen LogP contribution in [-0.2, 0) is 5.75 Å². The minimum atomic E-state index is -0.177. The summed E-state index contributed by atoms with van der Waals surface area (Å²) < 4.78 is 6.92. The molecule has 0 unspecified atom stereocenters. The Labute approximate surface area is 209 Å². The van der Waals surface area contributed by atoms with Gasteiger partial charge >= 0.3 is 0 Å². The summed E-state index contributed by atoms with van der Waals surface area (Å²) in [5, 5.41) is 3.91. The molecule has 0 atom stereocenters. The quantitative estimate of drug-likeness (QED) is 0.265. The first-order chi connectivity index (χ1) is 16.9. The lowest BCUT2D eigenvalue weighted by atomic mass is 10.1. The van der Waals surface area contributed by atoms with Crippen LogP contribution in [0.25, 0.3) is 16.6 Å². The standard InChI is InChI=1S/C28H29N3O3S/c1-5-14-29-26(32)20-8-13-24-25(16-20)30-28(35-17-21-15-18(2)6-7-19(21)3)31(27(24)33)22-9-11-23(34-4)12-10-22/h6-13,15-16H,5,14,17H2,1-4H3,(H,29,32). The maximum atomic E-state index is 13.7. The fourth-order valence-electron chi connectivity index (χ4n) is 3.80. The number of aromatic nitrogens is 2. The molecule has 1 aromatic heterocycles. The van der Waals surface area contributed by atoms with Gasteiger partial charge < -0.3 is 10.1 Å². The number of rotatable bonds is 8. The monoisotopic (exact) mass is 487 g/mol. The number of benzene rings is 3. The number of amides is 1. The van der Waals surface area contributed by atoms with Crippen molar-refractivity contribution in [1.29, 1.82) is 0 Å². The number of ether oxygens (including phenoxy) is 1. The Balaban J connectivity index is 1.82. The van der Waals surface area contributed by atoms with Gasteiger partial charge in [0.1, 0.15) is 5.75 Å². The summed E-state index contributed by atoms with van der Waals surface area (Å²) in [6, 6.07) is 18.8. The number of thioether (sulfide) groups is 1. The van der Waals surface area contributed by atoms with Crippen molar-refractivity contribution < 1.29 is 9.53 Å². The van der Waals surface area contributed by atoms with E-state index in [9.17, 15) is 9.59 Å². The predicted octanol–water partition coefficient (Wildman–Crippen LogP) is 5.44. The Morgan fingerprint density at radius 3 is 2.54 bits per heavy atom. The van der Waals surface area contributed by atoms with Crippen molar-refractivity contribution in [2.75, 3.05) is 13.7 Å². The summed E-state index contributed by atoms with van der Waals surface area (Å²) >= 11 is 1.50. The van der Waals surface area contributed by atoms with Gasteiger partial charge in [-0.3, -0.25) is 14.2 Å². The maximum absolute atomic E-state index is 13.7. The number of carbonyl (C=O) groups is 1. The van der Waals surface area contributed by atoms with Gasteiger partial charge in [0.05, 0.1) is 23.7 Å². The molecule has 0 aliphatic rings. The molecule has 4 aromatic rings. The second-order valence-corrected chi connectivity index (χ2v) is 9.38. The molecule has 4 rings (SSSR count). The summed E-state index contributed by atoms with van der Waals surface area (Å²) in [6.45, 7) is 6.75. The summed E-state index contributed by atoms with van der Waals surface area (Å²) in [6.07, 6.45) is 0.851. The highest BCUT2D eigenvalue weighted by atomic mass is 32.2. The van der Waals surface area contributed by atoms with Gasteiger partial charge in [0, 0.05) is 17.9 Å². The average Bonchev–Trinajstić information content (AvgIpc) is 2.87. The lowest BCUT2D eigenvalue weighted by molar-refractivity contribution is 0.0953. The number of methoxy groups -OCH3 is 1. The SMILES string of the molecule is CCCNC(=O)c1ccc2c(=O)n(-c3ccc(OC)cc3)c(SCc3cc(C)ccc3C)nc2c1. The van der Waals surface area contributed by atoms with E-state index in [1.807, 2.05) is 31.2 Å². The highest BCUT2D eigenvalue weighted by Gasteiger charge is 2.16. The average molecular weight is 488 g/mol. The normalized spacial score (nSPS) is 11.0. The molecule has 6 nitrogen and oxygen atoms in total. The van der Waals surface area contributed by atoms with Crippen LogP contribution in [0.4, 0.5) is 0 Å². The van der Waals surface area contributed by atoms with E-state index in [1.54, 1.807) is 29.9 Å². The van der Waals surface area contributed by atoms with E-state index in [0.29, 0.717) is 45.4 Å². The number of aryl methyl sites for hydroxylation is 2. The number of nitrogens with zero attached hydrogens (tertiary/aromatic N) is 2. The summed E-state index contributed by atoms with van der Waals surface area (Å²) in [7, 11) is 1.61. The molecular weight excluding hydrogens is 458 g/mol. The van der Waals surface area contributed by atoms with Crippen LogP contribution in [0.1, 0.15) is 40.4 Å². The van der Waals surface area contributed by atoms with Crippen LogP contribution >= 0.6 is 11.8 Å². The smallest absolute Gasteiger partial charge is 0.266 e. The van der Waals surface area contributed by atoms with Gasteiger partial charge in [-0.15, -0.1) is 0 Å². The lowest BCUT2D eigenvalue weighted by Gasteiger charge is -2.15. The topological polar surface area (TPSA) is 73.2 Å². The van der Waals surface area contributed by atoms with E-state index in [-0.39, 0.29) is 11.5 Å². The van der Waals surface area contributed by atoms with Crippen molar-refractivity contribution in [2.24, 2.45) is 0 Å². The van der Waals surface area contributed by atoms with E-state index in [0.717, 1.165) is 6.42 Å². The highest BCUT2D eigenvalue weighted by molar-refractivity contribution is 7.98. The van der Waals surface area contributed by atoms with Gasteiger partial charge in [-0.25, -0.2) is 4.98 Å². The zero-order valence-corrected chi connectivity index (χ0v) is 21.2. The van der Waals surface area contributed by atoms with Crippen molar-refractivity contribution in [3.63, 3.8) is 0 Å². The maximum Gasteiger partial charge on any atom is 0.266 e. The second-order valence-electron chi connectivity index (χ2n) is 8.44. The van der Waals surface area contributed by atoms with Crippen molar-refractivity contribution >= 4 is 28.6 Å². The fourth-order valence-corrected chi connectivity index (χ4v) is 4.88. The number of hydrogen-bond donors (Lipinski definition) is 1. The zero-order valence-electron chi connectivity index (χ0n) is 20.4. The first kappa shape index (κ1) is 24.5. The van der Waals surface area contributed by atoms with Crippen molar-refractivity contribution in [3.8, 4) is 11.4 Å². The molecule has 0 aliphatic heterocycles. The predicted molar refractivity (Wildman–Crippen MR) is 142 cm³/mol. The Morgan fingerprint density at radius 2 is 1.83 bits per heavy atom. The molecule has 1 heterocycles. The second kappa shape index (κ2) is 10.8. The first-order valence-electron chi connectivity index (χ1n) is 11.6. The zero-order chi connectivity index (χ0) is 24.9. The lowest BCUT2D eigenvalue weighted by Crippen LogP contribution is -2.25. The molecule has 0 fully saturated rings. The Morgan fingerprint density at radius 1 is 1.06 bits per heavy atom. The van der Waals surface area contributed by atoms with Crippen LogP contribution in [-0.4, -0.2) is 29.1 Å². The third-order valence-electron chi connectivity index (χ3n) is 5.83. The van der Waals surface area contributed by atoms with Gasteiger partial charge in [-0.05, 0) is 73.9 Å². The van der Waals surface area contributed by atoms with E-state index >= 15 is 0 Å². The summed E-state index contributed by atoms with van der Waals surface area (Å²) in [5.74, 6) is 1.21. The van der Waals surface area contributed by atoms with Crippen LogP contribution in [0.2, 0.25) is 0 Å². The molecule has 0 bridgehead atoms. The van der Waals surface area contributed by atoms with Crippen molar-refractivity contribution in [1.82, 2.24) is 14.9 Å². The molecule has 180 valence electrons. The molecule has 0 radical (unpaired) electrons. The molecule has 1 amide bonds. The van der Waals surface area contributed by atoms with Crippen molar-refractivity contribution in [3.05, 3.63) is 93.3 Å². The minimum absolute atomic E-state index is 0.167. The molecular formula is C28H29N3O3S. The van der Waals surface area contributed by atoms with Crippen molar-refractivity contribution in [2.45, 2.75) is 38.1 Å². The molecule has 35 heavy (non-hydrogen) atoms. The summed E-state index contributed by atoms with van der Waals surface area (Å²) in [5.41, 5.74) is 5.10. The van der Waals surface area contributed by atoms with E-state index in [4.69, 9.17) is 9.72 Å². The van der Waals surface area contributed by atoms with E-state index in [1.165, 1.54) is 28.5 Å². The summed E-state index contributed by atoms with van der Waals surface area (Å²) in [4.78, 5) is 31.0. The molecule has 0 saturated heterocycles. The molecule has 0 aliphatic carbocycles. The van der Waals surface area contributed by atoms with E-state index < -0.39 is 0 Å². The third-order valence-corrected chi connectivity index (χ3v) is 6.82. The number of fused-ring (bicyclic) bond motifs is 1. The van der Waals surface area contributed by atoms with Gasteiger partial charge in [-0.2, -0.15) is 0 Å². The first-order valence-corrected chi connectivity index (χ1v) is 12.6. The molecule has 1 N–H and O–H groups in total. The fraction of sp³-hybridized carbons (Fsp3) is 0.250. The van der Waals surface area contributed by atoms with Gasteiger partial charge in [0.25, 0.3) is 11.5 Å². The molecule has 7 heteroatoms. The Kier molecular flexibility index (Phi) is 7.56. The van der Waals surface area contributed by atoms with Crippen LogP contribution < -0.4 is 15.6 Å². The van der Waals surface area contributed by atoms with Crippen LogP contribution in [0, 0.1) is 13.8 Å². The highest BCUT2D eigenvalue weighted by Crippen LogP contribution is 2.27. The largest absolute Gasteiger partial charge is 0.497 e. The van der Waals surface area contributed by atoms with E-state index in [2.05, 4.69) is 37.4 Å². The Hall–Kier alpha value is -3.58. The van der Waals surface area contributed by atoms with Crippen LogP contribution in [0.5, 0.6) is 5.75 Å². The Bertz CT molecular complexity index is 1430. The number of carbonyl (C=O) groups excluding carboxylic acids is 1. The molecule has 0 saturated carbocycles. The number of nitrogens with one attached hydrogen (secondary N) is 1. The molecule has 0 spiro atoms.